The van der Waals surface area contributed by atoms with Gasteiger partial charge in [-0.1, -0.05) is 12.8 Å². The molecule has 5 heteroatoms. The van der Waals surface area contributed by atoms with E-state index in [0.29, 0.717) is 9.52 Å². The van der Waals surface area contributed by atoms with Gasteiger partial charge in [-0.2, -0.15) is 0 Å². The summed E-state index contributed by atoms with van der Waals surface area (Å²) in [6.45, 7) is 0.840. The summed E-state index contributed by atoms with van der Waals surface area (Å²) in [4.78, 5) is 4.28. The minimum Gasteiger partial charge on any atom is -0.369 e. The first-order valence-electron chi connectivity index (χ1n) is 5.76. The predicted octanol–water partition coefficient (Wildman–Crippen LogP) is 3.16. The molecule has 90 valence electrons. The number of fused-ring (bicyclic) bond motifs is 1. The van der Waals surface area contributed by atoms with E-state index in [1.54, 1.807) is 6.07 Å². The number of benzene rings is 1. The largest absolute Gasteiger partial charge is 0.369 e. The fraction of sp³-hybridized carbons (Fsp3) is 0.417. The van der Waals surface area contributed by atoms with Crippen molar-refractivity contribution in [2.75, 3.05) is 5.73 Å². The van der Waals surface area contributed by atoms with Gasteiger partial charge in [-0.3, -0.25) is 0 Å². The first kappa shape index (κ1) is 11.3. The summed E-state index contributed by atoms with van der Waals surface area (Å²) in [5.74, 6) is 1.12. The molecular weight excluding hydrogens is 332 g/mol. The van der Waals surface area contributed by atoms with Crippen molar-refractivity contribution in [3.05, 3.63) is 21.5 Å². The highest BCUT2D eigenvalue weighted by Gasteiger charge is 2.21. The number of nitrogens with zero attached hydrogens (tertiary/aromatic N) is 2. The van der Waals surface area contributed by atoms with Crippen LogP contribution in [0.25, 0.3) is 11.0 Å². The van der Waals surface area contributed by atoms with Gasteiger partial charge < -0.3 is 10.3 Å². The molecule has 17 heavy (non-hydrogen) atoms. The summed E-state index contributed by atoms with van der Waals surface area (Å²) in [6.07, 6.45) is 3.75. The van der Waals surface area contributed by atoms with Gasteiger partial charge >= 0.3 is 0 Å². The topological polar surface area (TPSA) is 43.8 Å². The highest BCUT2D eigenvalue weighted by atomic mass is 127. The molecule has 1 fully saturated rings. The highest BCUT2D eigenvalue weighted by molar-refractivity contribution is 14.1. The lowest BCUT2D eigenvalue weighted by molar-refractivity contribution is 0.606. The molecule has 3 rings (SSSR count). The lowest BCUT2D eigenvalue weighted by Gasteiger charge is -2.05. The van der Waals surface area contributed by atoms with E-state index < -0.39 is 0 Å². The van der Waals surface area contributed by atoms with E-state index in [1.165, 1.54) is 18.9 Å². The molecule has 2 aromatic rings. The van der Waals surface area contributed by atoms with E-state index in [4.69, 9.17) is 5.73 Å². The van der Waals surface area contributed by atoms with Crippen molar-refractivity contribution in [2.45, 2.75) is 25.8 Å². The van der Waals surface area contributed by atoms with Crippen molar-refractivity contribution in [1.29, 1.82) is 0 Å². The molecule has 1 heterocycles. The molecule has 0 spiro atoms. The number of halogens is 2. The number of nitrogen functional groups attached to an aromatic ring is 1. The Balaban J connectivity index is 2.02. The molecule has 1 aliphatic carbocycles. The minimum atomic E-state index is -0.203. The smallest absolute Gasteiger partial charge is 0.201 e. The molecule has 1 aromatic carbocycles. The Bertz CT molecular complexity index is 575. The highest BCUT2D eigenvalue weighted by Crippen LogP contribution is 2.33. The van der Waals surface area contributed by atoms with Crippen LogP contribution in [-0.4, -0.2) is 9.55 Å². The quantitative estimate of drug-likeness (QED) is 0.869. The first-order valence-corrected chi connectivity index (χ1v) is 6.84. The fourth-order valence-electron chi connectivity index (χ4n) is 2.09. The van der Waals surface area contributed by atoms with Crippen LogP contribution in [0.15, 0.2) is 12.1 Å². The zero-order chi connectivity index (χ0) is 12.0. The third kappa shape index (κ3) is 2.12. The first-order chi connectivity index (χ1) is 8.15. The van der Waals surface area contributed by atoms with E-state index in [2.05, 4.69) is 4.98 Å². The second-order valence-electron chi connectivity index (χ2n) is 4.61. The maximum Gasteiger partial charge on any atom is 0.201 e. The standard InChI is InChI=1S/C12H13FIN3/c13-8-5-11-10(6-9(8)14)16-12(15)17(11)4-3-7-1-2-7/h5-7H,1-4H2,(H2,15,16). The van der Waals surface area contributed by atoms with Gasteiger partial charge in [0.15, 0.2) is 0 Å². The number of aromatic nitrogens is 2. The lowest BCUT2D eigenvalue weighted by atomic mass is 10.2. The van der Waals surface area contributed by atoms with Crippen LogP contribution >= 0.6 is 22.6 Å². The normalized spacial score (nSPS) is 15.6. The predicted molar refractivity (Wildman–Crippen MR) is 74.2 cm³/mol. The molecular formula is C12H13FIN3. The zero-order valence-corrected chi connectivity index (χ0v) is 11.4. The number of rotatable bonds is 3. The van der Waals surface area contributed by atoms with E-state index in [-0.39, 0.29) is 5.82 Å². The number of aryl methyl sites for hydroxylation is 1. The SMILES string of the molecule is Nc1nc2cc(I)c(F)cc2n1CCC1CC1. The number of imidazole rings is 1. The van der Waals surface area contributed by atoms with Crippen molar-refractivity contribution in [1.82, 2.24) is 9.55 Å². The average molecular weight is 345 g/mol. The van der Waals surface area contributed by atoms with E-state index in [1.807, 2.05) is 27.2 Å². The third-order valence-corrected chi connectivity index (χ3v) is 4.10. The van der Waals surface area contributed by atoms with Crippen molar-refractivity contribution < 1.29 is 4.39 Å². The Morgan fingerprint density at radius 3 is 2.94 bits per heavy atom. The summed E-state index contributed by atoms with van der Waals surface area (Å²) in [6, 6.07) is 3.28. The van der Waals surface area contributed by atoms with Gasteiger partial charge in [-0.05, 0) is 41.0 Å². The van der Waals surface area contributed by atoms with Gasteiger partial charge in [0.2, 0.25) is 5.95 Å². The average Bonchev–Trinajstić information content (AvgIpc) is 3.04. The van der Waals surface area contributed by atoms with E-state index in [0.717, 1.165) is 29.9 Å². The molecule has 0 radical (unpaired) electrons. The van der Waals surface area contributed by atoms with Gasteiger partial charge in [-0.25, -0.2) is 9.37 Å². The summed E-state index contributed by atoms with van der Waals surface area (Å²) in [5.41, 5.74) is 7.48. The van der Waals surface area contributed by atoms with Gasteiger partial charge in [0, 0.05) is 12.6 Å². The Hall–Kier alpha value is -0.850. The van der Waals surface area contributed by atoms with Gasteiger partial charge in [0.05, 0.1) is 14.6 Å². The molecule has 0 atom stereocenters. The summed E-state index contributed by atoms with van der Waals surface area (Å²) < 4.78 is 16.1. The van der Waals surface area contributed by atoms with Gasteiger partial charge in [-0.15, -0.1) is 0 Å². The van der Waals surface area contributed by atoms with E-state index in [9.17, 15) is 4.39 Å². The molecule has 0 aliphatic heterocycles. The Kier molecular flexibility index (Phi) is 2.72. The van der Waals surface area contributed by atoms with Gasteiger partial charge in [0.1, 0.15) is 5.82 Å². The fourth-order valence-corrected chi connectivity index (χ4v) is 2.54. The molecule has 1 aromatic heterocycles. The van der Waals surface area contributed by atoms with Crippen molar-refractivity contribution in [2.24, 2.45) is 5.92 Å². The van der Waals surface area contributed by atoms with Crippen LogP contribution in [0.1, 0.15) is 19.3 Å². The van der Waals surface area contributed by atoms with Crippen molar-refractivity contribution >= 4 is 39.6 Å². The molecule has 0 saturated heterocycles. The van der Waals surface area contributed by atoms with Crippen LogP contribution in [0, 0.1) is 15.3 Å². The van der Waals surface area contributed by atoms with Crippen molar-refractivity contribution in [3.8, 4) is 0 Å². The van der Waals surface area contributed by atoms with Crippen LogP contribution in [0.2, 0.25) is 0 Å². The van der Waals surface area contributed by atoms with Crippen LogP contribution in [0.3, 0.4) is 0 Å². The number of hydrogen-bond donors (Lipinski definition) is 1. The molecule has 3 nitrogen and oxygen atoms in total. The second kappa shape index (κ2) is 4.12. The number of nitrogens with two attached hydrogens (primary N) is 1. The minimum absolute atomic E-state index is 0.203. The van der Waals surface area contributed by atoms with Crippen LogP contribution < -0.4 is 5.73 Å². The van der Waals surface area contributed by atoms with Crippen LogP contribution in [0.4, 0.5) is 10.3 Å². The monoisotopic (exact) mass is 345 g/mol. The third-order valence-electron chi connectivity index (χ3n) is 3.28. The van der Waals surface area contributed by atoms with Crippen molar-refractivity contribution in [3.63, 3.8) is 0 Å². The molecule has 0 unspecified atom stereocenters. The molecule has 1 aliphatic rings. The summed E-state index contributed by atoms with van der Waals surface area (Å²) in [7, 11) is 0. The summed E-state index contributed by atoms with van der Waals surface area (Å²) >= 11 is 1.97. The van der Waals surface area contributed by atoms with Crippen LogP contribution in [-0.2, 0) is 6.54 Å². The molecule has 0 amide bonds. The van der Waals surface area contributed by atoms with E-state index >= 15 is 0 Å². The maximum absolute atomic E-state index is 13.6. The molecule has 2 N–H and O–H groups in total. The zero-order valence-electron chi connectivity index (χ0n) is 9.29. The Morgan fingerprint density at radius 1 is 1.47 bits per heavy atom. The lowest BCUT2D eigenvalue weighted by Crippen LogP contribution is -2.04. The summed E-state index contributed by atoms with van der Waals surface area (Å²) in [5, 5.41) is 0. The Morgan fingerprint density at radius 2 is 2.24 bits per heavy atom. The second-order valence-corrected chi connectivity index (χ2v) is 5.77. The number of hydrogen-bond acceptors (Lipinski definition) is 2. The molecule has 1 saturated carbocycles. The maximum atomic E-state index is 13.6. The van der Waals surface area contributed by atoms with Gasteiger partial charge in [0.25, 0.3) is 0 Å². The molecule has 0 bridgehead atoms. The number of anilines is 1. The van der Waals surface area contributed by atoms with Crippen LogP contribution in [0.5, 0.6) is 0 Å². The Labute approximate surface area is 112 Å².